The van der Waals surface area contributed by atoms with E-state index in [-0.39, 0.29) is 30.2 Å². The highest BCUT2D eigenvalue weighted by molar-refractivity contribution is 9.10. The Morgan fingerprint density at radius 2 is 1.74 bits per heavy atom. The summed E-state index contributed by atoms with van der Waals surface area (Å²) in [5.74, 6) is 1.48. The lowest BCUT2D eigenvalue weighted by Crippen LogP contribution is -2.28. The number of methoxy groups -OCH3 is 2. The van der Waals surface area contributed by atoms with Gasteiger partial charge in [-0.3, -0.25) is 9.59 Å². The molecule has 1 unspecified atom stereocenters. The molecule has 0 bridgehead atoms. The summed E-state index contributed by atoms with van der Waals surface area (Å²) >= 11 is 4.75. The van der Waals surface area contributed by atoms with Crippen molar-refractivity contribution >= 4 is 45.2 Å². The number of ether oxygens (including phenoxy) is 2. The predicted octanol–water partition coefficient (Wildman–Crippen LogP) is 4.99. The molecule has 1 atom stereocenters. The first kappa shape index (κ1) is 29.3. The van der Waals surface area contributed by atoms with Gasteiger partial charge in [0.25, 0.3) is 11.8 Å². The third kappa shape index (κ3) is 6.50. The lowest BCUT2D eigenvalue weighted by atomic mass is 9.98. The zero-order valence-electron chi connectivity index (χ0n) is 23.3. The molecule has 4 aromatic rings. The van der Waals surface area contributed by atoms with Gasteiger partial charge in [0.1, 0.15) is 11.5 Å². The van der Waals surface area contributed by atoms with Crippen molar-refractivity contribution in [3.63, 3.8) is 0 Å². The third-order valence-corrected chi connectivity index (χ3v) is 8.39. The van der Waals surface area contributed by atoms with Gasteiger partial charge in [-0.25, -0.2) is 5.01 Å². The summed E-state index contributed by atoms with van der Waals surface area (Å²) in [5.41, 5.74) is 3.21. The molecule has 10 nitrogen and oxygen atoms in total. The normalized spacial score (nSPS) is 14.4. The maximum Gasteiger partial charge on any atom is 0.255 e. The molecule has 42 heavy (non-hydrogen) atoms. The smallest absolute Gasteiger partial charge is 0.255 e. The molecule has 5 rings (SSSR count). The average Bonchev–Trinajstić information content (AvgIpc) is 3.63. The molecule has 3 aromatic carbocycles. The van der Waals surface area contributed by atoms with Gasteiger partial charge in [0.15, 0.2) is 11.0 Å². The van der Waals surface area contributed by atoms with Crippen LogP contribution in [0.4, 0.5) is 0 Å². The van der Waals surface area contributed by atoms with Gasteiger partial charge in [-0.2, -0.15) is 5.10 Å². The average molecular weight is 650 g/mol. The monoisotopic (exact) mass is 648 g/mol. The second kappa shape index (κ2) is 13.2. The van der Waals surface area contributed by atoms with E-state index in [0.29, 0.717) is 28.7 Å². The number of hydrazone groups is 1. The van der Waals surface area contributed by atoms with Crippen LogP contribution in [0.15, 0.2) is 87.5 Å². The number of hydrogen-bond acceptors (Lipinski definition) is 8. The summed E-state index contributed by atoms with van der Waals surface area (Å²) in [7, 11) is 4.95. The van der Waals surface area contributed by atoms with Gasteiger partial charge < -0.3 is 19.4 Å². The summed E-state index contributed by atoms with van der Waals surface area (Å²) in [5, 5.41) is 18.2. The molecule has 1 aliphatic heterocycles. The van der Waals surface area contributed by atoms with Crippen LogP contribution in [0.1, 0.15) is 39.8 Å². The number of para-hydroxylation sites is 1. The molecule has 0 radical (unpaired) electrons. The Kier molecular flexibility index (Phi) is 9.23. The number of rotatable bonds is 10. The molecule has 0 fully saturated rings. The number of hydrogen-bond donors (Lipinski definition) is 1. The molecular formula is C30H29BrN6O4S. The van der Waals surface area contributed by atoms with Crippen molar-refractivity contribution in [1.29, 1.82) is 0 Å². The van der Waals surface area contributed by atoms with Crippen molar-refractivity contribution in [2.75, 3.05) is 20.0 Å². The highest BCUT2D eigenvalue weighted by Crippen LogP contribution is 2.34. The van der Waals surface area contributed by atoms with Gasteiger partial charge in [0.2, 0.25) is 0 Å². The summed E-state index contributed by atoms with van der Waals surface area (Å²) in [6.07, 6.45) is 0.588. The van der Waals surface area contributed by atoms with Crippen LogP contribution in [-0.2, 0) is 18.4 Å². The number of thioether (sulfide) groups is 1. The van der Waals surface area contributed by atoms with Crippen LogP contribution in [0.3, 0.4) is 0 Å². The number of carbonyl (C=O) groups is 2. The lowest BCUT2D eigenvalue weighted by molar-refractivity contribution is -0.130. The molecule has 12 heteroatoms. The molecule has 0 spiro atoms. The van der Waals surface area contributed by atoms with Gasteiger partial charge in [-0.15, -0.1) is 10.2 Å². The molecule has 0 saturated heterocycles. The fourth-order valence-electron chi connectivity index (χ4n) is 4.55. The fourth-order valence-corrected chi connectivity index (χ4v) is 5.59. The van der Waals surface area contributed by atoms with Crippen molar-refractivity contribution in [2.45, 2.75) is 24.2 Å². The van der Waals surface area contributed by atoms with Gasteiger partial charge in [-0.1, -0.05) is 64.1 Å². The van der Waals surface area contributed by atoms with Gasteiger partial charge in [0.05, 0.1) is 43.8 Å². The van der Waals surface area contributed by atoms with Crippen molar-refractivity contribution in [2.24, 2.45) is 12.1 Å². The van der Waals surface area contributed by atoms with E-state index in [2.05, 4.69) is 31.4 Å². The molecule has 1 aromatic heterocycles. The number of halogens is 1. The maximum atomic E-state index is 13.5. The molecule has 216 valence electrons. The summed E-state index contributed by atoms with van der Waals surface area (Å²) in [6.45, 7) is 0.168. The maximum absolute atomic E-state index is 13.5. The van der Waals surface area contributed by atoms with E-state index in [1.165, 1.54) is 18.9 Å². The summed E-state index contributed by atoms with van der Waals surface area (Å²) < 4.78 is 13.3. The van der Waals surface area contributed by atoms with E-state index in [1.54, 1.807) is 48.0 Å². The van der Waals surface area contributed by atoms with Crippen molar-refractivity contribution in [1.82, 2.24) is 25.1 Å². The van der Waals surface area contributed by atoms with Crippen LogP contribution in [-0.4, -0.2) is 57.3 Å². The Bertz CT molecular complexity index is 1610. The van der Waals surface area contributed by atoms with Crippen LogP contribution in [0.25, 0.3) is 0 Å². The molecule has 2 amide bonds. The number of amides is 2. The van der Waals surface area contributed by atoms with E-state index in [0.717, 1.165) is 27.1 Å². The van der Waals surface area contributed by atoms with Gasteiger partial charge in [-0.05, 0) is 47.5 Å². The van der Waals surface area contributed by atoms with Crippen molar-refractivity contribution in [3.05, 3.63) is 99.8 Å². The van der Waals surface area contributed by atoms with Crippen LogP contribution < -0.4 is 14.8 Å². The Hall–Kier alpha value is -4.16. The van der Waals surface area contributed by atoms with Gasteiger partial charge in [0, 0.05) is 17.9 Å². The van der Waals surface area contributed by atoms with Crippen LogP contribution in [0.2, 0.25) is 0 Å². The highest BCUT2D eigenvalue weighted by Gasteiger charge is 2.33. The quantitative estimate of drug-likeness (QED) is 0.241. The second-order valence-corrected chi connectivity index (χ2v) is 11.3. The Morgan fingerprint density at radius 1 is 1.00 bits per heavy atom. The van der Waals surface area contributed by atoms with E-state index < -0.39 is 0 Å². The molecular weight excluding hydrogens is 620 g/mol. The SMILES string of the molecule is COc1ccc(C2CC(c3ccc(Br)cc3)=NN2C(=O)CSc2nnc(CNC(=O)c3ccccc3OC)n2C)cc1. The minimum absolute atomic E-state index is 0.114. The standard InChI is InChI=1S/C30H29BrN6O4S/c1-36-27(17-32-29(39)23-6-4-5-7-26(23)41-3)33-34-30(36)42-18-28(38)37-25(20-10-14-22(40-2)15-11-20)16-24(35-37)19-8-12-21(31)13-9-19/h4-15,25H,16-18H2,1-3H3,(H,32,39). The van der Waals surface area contributed by atoms with E-state index in [4.69, 9.17) is 14.6 Å². The van der Waals surface area contributed by atoms with Crippen LogP contribution in [0.5, 0.6) is 11.5 Å². The first-order valence-electron chi connectivity index (χ1n) is 13.1. The molecule has 1 N–H and O–H groups in total. The number of nitrogens with zero attached hydrogens (tertiary/aromatic N) is 5. The fraction of sp³-hybridized carbons (Fsp3) is 0.233. The molecule has 0 aliphatic carbocycles. The Morgan fingerprint density at radius 3 is 2.45 bits per heavy atom. The molecule has 0 saturated carbocycles. The Labute approximate surface area is 256 Å². The largest absolute Gasteiger partial charge is 0.497 e. The first-order chi connectivity index (χ1) is 20.4. The van der Waals surface area contributed by atoms with Gasteiger partial charge >= 0.3 is 0 Å². The third-order valence-electron chi connectivity index (χ3n) is 6.85. The number of nitrogens with one attached hydrogen (secondary N) is 1. The van der Waals surface area contributed by atoms with Crippen molar-refractivity contribution in [3.8, 4) is 11.5 Å². The first-order valence-corrected chi connectivity index (χ1v) is 14.9. The minimum atomic E-state index is -0.280. The zero-order chi connectivity index (χ0) is 29.6. The van der Waals surface area contributed by atoms with Crippen molar-refractivity contribution < 1.29 is 19.1 Å². The van der Waals surface area contributed by atoms with E-state index >= 15 is 0 Å². The molecule has 1 aliphatic rings. The number of carbonyl (C=O) groups excluding carboxylic acids is 2. The zero-order valence-corrected chi connectivity index (χ0v) is 25.7. The van der Waals surface area contributed by atoms with E-state index in [1.807, 2.05) is 48.5 Å². The van der Waals surface area contributed by atoms with Crippen LogP contribution >= 0.6 is 27.7 Å². The highest BCUT2D eigenvalue weighted by atomic mass is 79.9. The van der Waals surface area contributed by atoms with E-state index in [9.17, 15) is 9.59 Å². The predicted molar refractivity (Wildman–Crippen MR) is 164 cm³/mol. The molecule has 2 heterocycles. The lowest BCUT2D eigenvalue weighted by Gasteiger charge is -2.22. The Balaban J connectivity index is 1.27. The van der Waals surface area contributed by atoms with Crippen LogP contribution in [0, 0.1) is 0 Å². The number of benzene rings is 3. The second-order valence-electron chi connectivity index (χ2n) is 9.41. The minimum Gasteiger partial charge on any atom is -0.497 e. The topological polar surface area (TPSA) is 111 Å². The summed E-state index contributed by atoms with van der Waals surface area (Å²) in [4.78, 5) is 26.2. The summed E-state index contributed by atoms with van der Waals surface area (Å²) in [6, 6.07) is 22.4. The number of aromatic nitrogens is 3.